The fourth-order valence-corrected chi connectivity index (χ4v) is 3.09. The zero-order chi connectivity index (χ0) is 16.9. The molecule has 6 nitrogen and oxygen atoms in total. The van der Waals surface area contributed by atoms with Crippen LogP contribution in [0.2, 0.25) is 0 Å². The molecule has 1 heterocycles. The Morgan fingerprint density at radius 3 is 2.79 bits per heavy atom. The maximum Gasteiger partial charge on any atom is 0.319 e. The molecule has 1 aromatic carbocycles. The molecule has 0 radical (unpaired) electrons. The van der Waals surface area contributed by atoms with Crippen LogP contribution in [0.25, 0.3) is 11.5 Å². The number of aromatic nitrogens is 1. The van der Waals surface area contributed by atoms with Gasteiger partial charge < -0.3 is 20.2 Å². The first-order chi connectivity index (χ1) is 11.7. The largest absolute Gasteiger partial charge is 0.445 e. The van der Waals surface area contributed by atoms with Gasteiger partial charge in [0.2, 0.25) is 5.89 Å². The molecule has 0 unspecified atom stereocenters. The van der Waals surface area contributed by atoms with Crippen LogP contribution in [-0.2, 0) is 0 Å². The maximum absolute atomic E-state index is 12.3. The van der Waals surface area contributed by atoms with Crippen molar-refractivity contribution in [2.45, 2.75) is 38.6 Å². The molecule has 0 saturated heterocycles. The number of benzene rings is 1. The molecule has 1 aromatic heterocycles. The van der Waals surface area contributed by atoms with Gasteiger partial charge in [-0.05, 0) is 56.2 Å². The summed E-state index contributed by atoms with van der Waals surface area (Å²) in [6, 6.07) is 5.68. The van der Waals surface area contributed by atoms with Crippen LogP contribution in [0.3, 0.4) is 0 Å². The number of urea groups is 1. The van der Waals surface area contributed by atoms with E-state index < -0.39 is 0 Å². The van der Waals surface area contributed by atoms with E-state index in [0.717, 1.165) is 42.5 Å². The number of carbonyl (C=O) groups excluding carboxylic acids is 1. The van der Waals surface area contributed by atoms with E-state index in [4.69, 9.17) is 4.42 Å². The van der Waals surface area contributed by atoms with Gasteiger partial charge >= 0.3 is 6.03 Å². The smallest absolute Gasteiger partial charge is 0.319 e. The van der Waals surface area contributed by atoms with Crippen molar-refractivity contribution in [3.63, 3.8) is 0 Å². The Kier molecular flexibility index (Phi) is 5.15. The van der Waals surface area contributed by atoms with Crippen molar-refractivity contribution in [2.75, 3.05) is 11.9 Å². The second-order valence-corrected chi connectivity index (χ2v) is 6.37. The highest BCUT2D eigenvalue weighted by Gasteiger charge is 2.22. The molecule has 1 fully saturated rings. The highest BCUT2D eigenvalue weighted by atomic mass is 16.3. The second kappa shape index (κ2) is 7.49. The Bertz CT molecular complexity index is 677. The summed E-state index contributed by atoms with van der Waals surface area (Å²) in [5, 5.41) is 15.1. The molecule has 2 aromatic rings. The van der Waals surface area contributed by atoms with Crippen LogP contribution in [0.4, 0.5) is 10.5 Å². The van der Waals surface area contributed by atoms with E-state index in [1.807, 2.05) is 25.1 Å². The van der Waals surface area contributed by atoms with E-state index in [9.17, 15) is 9.90 Å². The normalized spacial score (nSPS) is 20.6. The predicted octanol–water partition coefficient (Wildman–Crippen LogP) is 3.32. The number of aliphatic hydroxyl groups excluding tert-OH is 1. The van der Waals surface area contributed by atoms with E-state index in [1.54, 1.807) is 6.20 Å². The van der Waals surface area contributed by atoms with Crippen molar-refractivity contribution in [1.29, 1.82) is 0 Å². The molecule has 0 aliphatic heterocycles. The number of rotatable bonds is 4. The molecular formula is C18H23N3O3. The number of oxazole rings is 1. The van der Waals surface area contributed by atoms with Gasteiger partial charge in [-0.1, -0.05) is 6.07 Å². The summed E-state index contributed by atoms with van der Waals surface area (Å²) in [5.41, 5.74) is 2.54. The van der Waals surface area contributed by atoms with Gasteiger partial charge in [0.05, 0.1) is 6.20 Å². The van der Waals surface area contributed by atoms with Gasteiger partial charge in [0.25, 0.3) is 0 Å². The number of anilines is 1. The number of nitrogens with one attached hydrogen (secondary N) is 2. The monoisotopic (exact) mass is 329 g/mol. The topological polar surface area (TPSA) is 87.4 Å². The minimum absolute atomic E-state index is 0.169. The molecule has 24 heavy (non-hydrogen) atoms. The lowest BCUT2D eigenvalue weighted by atomic mass is 9.87. The quantitative estimate of drug-likeness (QED) is 0.803. The second-order valence-electron chi connectivity index (χ2n) is 6.37. The van der Waals surface area contributed by atoms with Gasteiger partial charge in [0.1, 0.15) is 6.26 Å². The van der Waals surface area contributed by atoms with Crippen LogP contribution in [0.5, 0.6) is 0 Å². The predicted molar refractivity (Wildman–Crippen MR) is 91.7 cm³/mol. The van der Waals surface area contributed by atoms with Gasteiger partial charge in [-0.3, -0.25) is 0 Å². The summed E-state index contributed by atoms with van der Waals surface area (Å²) >= 11 is 0. The fourth-order valence-electron chi connectivity index (χ4n) is 3.09. The zero-order valence-electron chi connectivity index (χ0n) is 13.8. The van der Waals surface area contributed by atoms with E-state index in [2.05, 4.69) is 15.6 Å². The third-order valence-electron chi connectivity index (χ3n) is 4.61. The number of nitrogens with zero attached hydrogens (tertiary/aromatic N) is 1. The molecule has 0 spiro atoms. The molecule has 0 atom stereocenters. The van der Waals surface area contributed by atoms with Gasteiger partial charge in [-0.15, -0.1) is 0 Å². The molecule has 1 aliphatic carbocycles. The first kappa shape index (κ1) is 16.5. The van der Waals surface area contributed by atoms with Gasteiger partial charge in [0, 0.05) is 23.9 Å². The lowest BCUT2D eigenvalue weighted by molar-refractivity contribution is 0.176. The lowest BCUT2D eigenvalue weighted by Gasteiger charge is -2.28. The fraction of sp³-hybridized carbons (Fsp3) is 0.444. The highest BCUT2D eigenvalue weighted by Crippen LogP contribution is 2.25. The molecule has 1 saturated carbocycles. The minimum atomic E-state index is -0.199. The summed E-state index contributed by atoms with van der Waals surface area (Å²) in [4.78, 5) is 16.4. The van der Waals surface area contributed by atoms with Crippen molar-refractivity contribution >= 4 is 11.7 Å². The summed E-state index contributed by atoms with van der Waals surface area (Å²) < 4.78 is 5.30. The van der Waals surface area contributed by atoms with Crippen LogP contribution in [0.1, 0.15) is 31.2 Å². The van der Waals surface area contributed by atoms with E-state index in [1.165, 1.54) is 6.26 Å². The Balaban J connectivity index is 1.61. The molecule has 3 N–H and O–H groups in total. The number of carbonyl (C=O) groups is 1. The minimum Gasteiger partial charge on any atom is -0.445 e. The van der Waals surface area contributed by atoms with E-state index in [0.29, 0.717) is 11.8 Å². The van der Waals surface area contributed by atoms with Crippen LogP contribution in [0.15, 0.2) is 35.1 Å². The van der Waals surface area contributed by atoms with Crippen molar-refractivity contribution < 1.29 is 14.3 Å². The lowest BCUT2D eigenvalue weighted by Crippen LogP contribution is -2.40. The summed E-state index contributed by atoms with van der Waals surface area (Å²) in [6.45, 7) is 2.19. The Labute approximate surface area is 141 Å². The van der Waals surface area contributed by atoms with E-state index in [-0.39, 0.29) is 18.7 Å². The van der Waals surface area contributed by atoms with Gasteiger partial charge in [0.15, 0.2) is 0 Å². The third-order valence-corrected chi connectivity index (χ3v) is 4.61. The molecular weight excluding hydrogens is 306 g/mol. The standard InChI is InChI=1S/C18H23N3O3/c1-12-2-5-14(17-19-8-9-24-17)10-16(12)21-18(23)20-15-6-3-13(11-22)4-7-15/h2,5,8-10,13,15,22H,3-4,6-7,11H2,1H3,(H2,20,21,23). The average Bonchev–Trinajstić information content (AvgIpc) is 3.12. The van der Waals surface area contributed by atoms with Gasteiger partial charge in [-0.2, -0.15) is 0 Å². The van der Waals surface area contributed by atoms with Crippen LogP contribution in [-0.4, -0.2) is 28.8 Å². The SMILES string of the molecule is Cc1ccc(-c2ncco2)cc1NC(=O)NC1CCC(CO)CC1. The third kappa shape index (κ3) is 3.94. The number of hydrogen-bond donors (Lipinski definition) is 3. The van der Waals surface area contributed by atoms with Crippen molar-refractivity contribution in [3.8, 4) is 11.5 Å². The van der Waals surface area contributed by atoms with Crippen LogP contribution in [0, 0.1) is 12.8 Å². The van der Waals surface area contributed by atoms with Crippen LogP contribution >= 0.6 is 0 Å². The number of aliphatic hydroxyl groups is 1. The molecule has 2 amide bonds. The average molecular weight is 329 g/mol. The van der Waals surface area contributed by atoms with Crippen molar-refractivity contribution in [1.82, 2.24) is 10.3 Å². The first-order valence-electron chi connectivity index (χ1n) is 8.34. The zero-order valence-corrected chi connectivity index (χ0v) is 13.8. The molecule has 6 heteroatoms. The maximum atomic E-state index is 12.3. The van der Waals surface area contributed by atoms with Gasteiger partial charge in [-0.25, -0.2) is 9.78 Å². The highest BCUT2D eigenvalue weighted by molar-refractivity contribution is 5.91. The van der Waals surface area contributed by atoms with E-state index >= 15 is 0 Å². The first-order valence-corrected chi connectivity index (χ1v) is 8.34. The number of amides is 2. The summed E-state index contributed by atoms with van der Waals surface area (Å²) in [7, 11) is 0. The molecule has 0 bridgehead atoms. The summed E-state index contributed by atoms with van der Waals surface area (Å²) in [6.07, 6.45) is 6.86. The molecule has 128 valence electrons. The Morgan fingerprint density at radius 1 is 1.33 bits per heavy atom. The number of aryl methyl sites for hydroxylation is 1. The summed E-state index contributed by atoms with van der Waals surface area (Å²) in [5.74, 6) is 0.909. The Morgan fingerprint density at radius 2 is 2.12 bits per heavy atom. The molecule has 3 rings (SSSR count). The van der Waals surface area contributed by atoms with Crippen molar-refractivity contribution in [2.24, 2.45) is 5.92 Å². The molecule has 1 aliphatic rings. The van der Waals surface area contributed by atoms with Crippen LogP contribution < -0.4 is 10.6 Å². The van der Waals surface area contributed by atoms with Crippen molar-refractivity contribution in [3.05, 3.63) is 36.2 Å². The number of hydrogen-bond acceptors (Lipinski definition) is 4. The Hall–Kier alpha value is -2.34.